The van der Waals surface area contributed by atoms with Gasteiger partial charge in [0.25, 0.3) is 0 Å². The molecule has 0 aliphatic carbocycles. The Morgan fingerprint density at radius 1 is 1.32 bits per heavy atom. The lowest BCUT2D eigenvalue weighted by atomic mass is 10.0. The van der Waals surface area contributed by atoms with E-state index in [-0.39, 0.29) is 37.3 Å². The Balaban J connectivity index is 1.53. The molecule has 2 aromatic rings. The molecule has 0 bridgehead atoms. The number of aromatic nitrogens is 1. The SMILES string of the molecule is COC[C@@H]1CN(c2onc3c2CN(C(=O)Nc2cc(F)c(F)c(F)c2)[C@@H](C)C3)C(=O)O1. The van der Waals surface area contributed by atoms with Crippen LogP contribution >= 0.6 is 0 Å². The van der Waals surface area contributed by atoms with E-state index < -0.39 is 35.7 Å². The summed E-state index contributed by atoms with van der Waals surface area (Å²) in [6.07, 6.45) is -0.751. The van der Waals surface area contributed by atoms with Crippen LogP contribution in [0.5, 0.6) is 0 Å². The number of benzene rings is 1. The van der Waals surface area contributed by atoms with Crippen molar-refractivity contribution in [3.63, 3.8) is 0 Å². The van der Waals surface area contributed by atoms with Crippen LogP contribution in [0.3, 0.4) is 0 Å². The van der Waals surface area contributed by atoms with E-state index in [2.05, 4.69) is 10.5 Å². The number of carbonyl (C=O) groups excluding carboxylic acids is 2. The van der Waals surface area contributed by atoms with Crippen molar-refractivity contribution in [3.05, 3.63) is 40.8 Å². The van der Waals surface area contributed by atoms with Gasteiger partial charge in [-0.2, -0.15) is 0 Å². The second-order valence-electron chi connectivity index (χ2n) is 7.35. The highest BCUT2D eigenvalue weighted by Crippen LogP contribution is 2.34. The van der Waals surface area contributed by atoms with Crippen LogP contribution in [0.4, 0.5) is 34.3 Å². The van der Waals surface area contributed by atoms with Gasteiger partial charge >= 0.3 is 12.1 Å². The normalized spacial score (nSPS) is 20.6. The minimum absolute atomic E-state index is 0.0338. The molecule has 12 heteroatoms. The first kappa shape index (κ1) is 21.0. The molecule has 2 aliphatic heterocycles. The van der Waals surface area contributed by atoms with Crippen molar-refractivity contribution in [2.75, 3.05) is 30.5 Å². The van der Waals surface area contributed by atoms with Gasteiger partial charge in [0.15, 0.2) is 17.5 Å². The Hall–Kier alpha value is -3.28. The van der Waals surface area contributed by atoms with E-state index in [1.165, 1.54) is 16.9 Å². The van der Waals surface area contributed by atoms with Crippen molar-refractivity contribution in [2.24, 2.45) is 0 Å². The van der Waals surface area contributed by atoms with Gasteiger partial charge in [-0.25, -0.2) is 27.7 Å². The zero-order chi connectivity index (χ0) is 22.3. The number of hydrogen-bond donors (Lipinski definition) is 1. The smallest absolute Gasteiger partial charge is 0.417 e. The van der Waals surface area contributed by atoms with Gasteiger partial charge in [0.05, 0.1) is 31.0 Å². The van der Waals surface area contributed by atoms with Crippen LogP contribution in [0.15, 0.2) is 16.7 Å². The number of fused-ring (bicyclic) bond motifs is 1. The summed E-state index contributed by atoms with van der Waals surface area (Å²) in [7, 11) is 1.49. The van der Waals surface area contributed by atoms with Crippen molar-refractivity contribution < 1.29 is 36.8 Å². The second-order valence-corrected chi connectivity index (χ2v) is 7.35. The maximum absolute atomic E-state index is 13.5. The first-order valence-electron chi connectivity index (χ1n) is 9.45. The fourth-order valence-corrected chi connectivity index (χ4v) is 3.63. The van der Waals surface area contributed by atoms with E-state index in [9.17, 15) is 22.8 Å². The van der Waals surface area contributed by atoms with Gasteiger partial charge in [-0.3, -0.25) is 0 Å². The summed E-state index contributed by atoms with van der Waals surface area (Å²) in [5, 5.41) is 6.38. The summed E-state index contributed by atoms with van der Waals surface area (Å²) < 4.78 is 55.7. The molecule has 2 atom stereocenters. The third-order valence-electron chi connectivity index (χ3n) is 5.17. The summed E-state index contributed by atoms with van der Waals surface area (Å²) in [6.45, 7) is 2.21. The quantitative estimate of drug-likeness (QED) is 0.735. The molecule has 1 fully saturated rings. The summed E-state index contributed by atoms with van der Waals surface area (Å²) in [5.41, 5.74) is 0.892. The molecule has 9 nitrogen and oxygen atoms in total. The molecule has 0 radical (unpaired) electrons. The average molecular weight is 440 g/mol. The van der Waals surface area contributed by atoms with Gasteiger partial charge in [0, 0.05) is 37.4 Å². The monoisotopic (exact) mass is 440 g/mol. The third kappa shape index (κ3) is 3.90. The van der Waals surface area contributed by atoms with E-state index in [1.807, 2.05) is 0 Å². The van der Waals surface area contributed by atoms with Gasteiger partial charge in [0.1, 0.15) is 6.10 Å². The van der Waals surface area contributed by atoms with Crippen LogP contribution in [-0.2, 0) is 22.4 Å². The molecular formula is C19H19F3N4O5. The van der Waals surface area contributed by atoms with E-state index in [0.29, 0.717) is 29.8 Å². The molecule has 2 aliphatic rings. The zero-order valence-corrected chi connectivity index (χ0v) is 16.7. The van der Waals surface area contributed by atoms with E-state index >= 15 is 0 Å². The van der Waals surface area contributed by atoms with Crippen molar-refractivity contribution >= 4 is 23.7 Å². The average Bonchev–Trinajstić information content (AvgIpc) is 3.27. The van der Waals surface area contributed by atoms with Gasteiger partial charge in [-0.15, -0.1) is 0 Å². The largest absolute Gasteiger partial charge is 0.441 e. The van der Waals surface area contributed by atoms with Crippen molar-refractivity contribution in [1.29, 1.82) is 0 Å². The number of halogens is 3. The summed E-state index contributed by atoms with van der Waals surface area (Å²) >= 11 is 0. The molecule has 3 amide bonds. The number of cyclic esters (lactones) is 1. The van der Waals surface area contributed by atoms with Gasteiger partial charge in [-0.05, 0) is 6.92 Å². The molecule has 166 valence electrons. The predicted molar refractivity (Wildman–Crippen MR) is 100 cm³/mol. The summed E-state index contributed by atoms with van der Waals surface area (Å²) in [4.78, 5) is 27.7. The molecular weight excluding hydrogens is 421 g/mol. The fourth-order valence-electron chi connectivity index (χ4n) is 3.63. The molecule has 31 heavy (non-hydrogen) atoms. The van der Waals surface area contributed by atoms with Gasteiger partial charge in [0.2, 0.25) is 5.88 Å². The van der Waals surface area contributed by atoms with Crippen molar-refractivity contribution in [2.45, 2.75) is 32.0 Å². The number of methoxy groups -OCH3 is 1. The van der Waals surface area contributed by atoms with Crippen LogP contribution in [0, 0.1) is 17.5 Å². The van der Waals surface area contributed by atoms with Crippen LogP contribution in [0.1, 0.15) is 18.2 Å². The summed E-state index contributed by atoms with van der Waals surface area (Å²) in [5.74, 6) is -4.28. The second kappa shape index (κ2) is 8.10. The van der Waals surface area contributed by atoms with E-state index in [4.69, 9.17) is 14.0 Å². The zero-order valence-electron chi connectivity index (χ0n) is 16.7. The van der Waals surface area contributed by atoms with Crippen molar-refractivity contribution in [1.82, 2.24) is 10.1 Å². The molecule has 1 saturated heterocycles. The number of carbonyl (C=O) groups is 2. The lowest BCUT2D eigenvalue weighted by Crippen LogP contribution is -2.45. The topological polar surface area (TPSA) is 97.1 Å². The number of nitrogens with zero attached hydrogens (tertiary/aromatic N) is 3. The number of anilines is 2. The first-order chi connectivity index (χ1) is 14.8. The van der Waals surface area contributed by atoms with Gasteiger partial charge in [-0.1, -0.05) is 5.16 Å². The molecule has 0 spiro atoms. The fraction of sp³-hybridized carbons (Fsp3) is 0.421. The Morgan fingerprint density at radius 2 is 2.03 bits per heavy atom. The molecule has 1 aromatic heterocycles. The number of ether oxygens (including phenoxy) is 2. The minimum Gasteiger partial charge on any atom is -0.441 e. The number of urea groups is 1. The third-order valence-corrected chi connectivity index (χ3v) is 5.17. The lowest BCUT2D eigenvalue weighted by molar-refractivity contribution is 0.0718. The Kier molecular flexibility index (Phi) is 5.48. The van der Waals surface area contributed by atoms with Crippen LogP contribution < -0.4 is 10.2 Å². The van der Waals surface area contributed by atoms with E-state index in [0.717, 1.165) is 0 Å². The molecule has 4 rings (SSSR count). The highest BCUT2D eigenvalue weighted by atomic mass is 19.2. The van der Waals surface area contributed by atoms with Crippen LogP contribution in [0.2, 0.25) is 0 Å². The van der Waals surface area contributed by atoms with Crippen LogP contribution in [-0.4, -0.2) is 54.6 Å². The predicted octanol–water partition coefficient (Wildman–Crippen LogP) is 3.04. The maximum atomic E-state index is 13.5. The standard InChI is InChI=1S/C19H19F3N4O5/c1-9-3-15-12(17(31-24-15)26-6-11(8-29-2)30-19(26)28)7-25(9)18(27)23-10-4-13(20)16(22)14(21)5-10/h4-5,9,11H,3,6-8H2,1-2H3,(H,23,27)/t9-,11-/m0/s1. The number of nitrogens with one attached hydrogen (secondary N) is 1. The molecule has 1 aromatic carbocycles. The molecule has 0 unspecified atom stereocenters. The highest BCUT2D eigenvalue weighted by Gasteiger charge is 2.40. The minimum atomic E-state index is -1.62. The van der Waals surface area contributed by atoms with E-state index in [1.54, 1.807) is 6.92 Å². The number of hydrogen-bond acceptors (Lipinski definition) is 6. The summed E-state index contributed by atoms with van der Waals surface area (Å²) in [6, 6.07) is 0.402. The lowest BCUT2D eigenvalue weighted by Gasteiger charge is -2.33. The Labute approximate surface area is 174 Å². The maximum Gasteiger partial charge on any atom is 0.417 e. The molecule has 1 N–H and O–H groups in total. The Morgan fingerprint density at radius 3 is 2.71 bits per heavy atom. The number of rotatable bonds is 4. The Bertz CT molecular complexity index is 1010. The molecule has 3 heterocycles. The highest BCUT2D eigenvalue weighted by molar-refractivity contribution is 5.91. The van der Waals surface area contributed by atoms with Gasteiger partial charge < -0.3 is 24.2 Å². The number of amides is 3. The molecule has 0 saturated carbocycles. The first-order valence-corrected chi connectivity index (χ1v) is 9.45. The van der Waals surface area contributed by atoms with Crippen molar-refractivity contribution in [3.8, 4) is 0 Å². The van der Waals surface area contributed by atoms with Crippen LogP contribution in [0.25, 0.3) is 0 Å².